The van der Waals surface area contributed by atoms with Gasteiger partial charge in [0.25, 0.3) is 5.91 Å². The molecule has 1 aliphatic heterocycles. The fourth-order valence-corrected chi connectivity index (χ4v) is 6.57. The fourth-order valence-electron chi connectivity index (χ4n) is 6.57. The SMILES string of the molecule is CCC(CCCN1CCC(NC(=O)c2ccccc2-c2ccc(C(F)(F)F)cc2)CC1)(CC(=O)OCc1ccccn1)c1ccccc1. The van der Waals surface area contributed by atoms with E-state index in [1.54, 1.807) is 30.5 Å². The Morgan fingerprint density at radius 3 is 2.23 bits per heavy atom. The molecule has 1 atom stereocenters. The first-order chi connectivity index (χ1) is 23.2. The maximum Gasteiger partial charge on any atom is 0.416 e. The van der Waals surface area contributed by atoms with Crippen LogP contribution >= 0.6 is 0 Å². The Labute approximate surface area is 280 Å². The average Bonchev–Trinajstić information content (AvgIpc) is 3.11. The van der Waals surface area contributed by atoms with Gasteiger partial charge in [-0.25, -0.2) is 0 Å². The standard InChI is InChI=1S/C39H42F3N3O3/c1-2-38(30-11-4-3-5-12-30,27-36(46)48-28-33-13-8-9-23-43-33)22-10-24-45-25-20-32(21-26-45)44-37(47)35-15-7-6-14-34(35)29-16-18-31(19-17-29)39(40,41)42/h3-9,11-19,23,32H,2,10,20-22,24-28H2,1H3,(H,44,47). The van der Waals surface area contributed by atoms with Crippen LogP contribution in [0, 0.1) is 0 Å². The van der Waals surface area contributed by atoms with Crippen LogP contribution in [0.15, 0.2) is 103 Å². The number of carbonyl (C=O) groups is 2. The first-order valence-electron chi connectivity index (χ1n) is 16.6. The third kappa shape index (κ3) is 9.10. The second kappa shape index (κ2) is 16.1. The van der Waals surface area contributed by atoms with Gasteiger partial charge in [-0.1, -0.05) is 73.7 Å². The third-order valence-corrected chi connectivity index (χ3v) is 9.40. The van der Waals surface area contributed by atoms with Crippen molar-refractivity contribution in [3.8, 4) is 11.1 Å². The molecule has 48 heavy (non-hydrogen) atoms. The van der Waals surface area contributed by atoms with Gasteiger partial charge in [0, 0.05) is 36.3 Å². The number of halogens is 3. The monoisotopic (exact) mass is 657 g/mol. The lowest BCUT2D eigenvalue weighted by atomic mass is 9.72. The minimum atomic E-state index is -4.42. The van der Waals surface area contributed by atoms with Crippen molar-refractivity contribution >= 4 is 11.9 Å². The van der Waals surface area contributed by atoms with Gasteiger partial charge in [-0.15, -0.1) is 0 Å². The summed E-state index contributed by atoms with van der Waals surface area (Å²) in [5.74, 6) is -0.461. The van der Waals surface area contributed by atoms with Crippen LogP contribution < -0.4 is 5.32 Å². The van der Waals surface area contributed by atoms with Crippen molar-refractivity contribution in [3.05, 3.63) is 126 Å². The molecule has 1 fully saturated rings. The zero-order valence-electron chi connectivity index (χ0n) is 27.2. The van der Waals surface area contributed by atoms with E-state index in [-0.39, 0.29) is 29.9 Å². The number of pyridine rings is 1. The molecule has 3 aromatic carbocycles. The van der Waals surface area contributed by atoms with Gasteiger partial charge >= 0.3 is 12.1 Å². The molecule has 2 heterocycles. The molecule has 1 aliphatic rings. The van der Waals surface area contributed by atoms with Crippen LogP contribution in [0.5, 0.6) is 0 Å². The summed E-state index contributed by atoms with van der Waals surface area (Å²) in [4.78, 5) is 33.1. The van der Waals surface area contributed by atoms with Crippen molar-refractivity contribution < 1.29 is 27.5 Å². The molecule has 6 nitrogen and oxygen atoms in total. The number of benzene rings is 3. The van der Waals surface area contributed by atoms with Crippen LogP contribution in [0.25, 0.3) is 11.1 Å². The summed E-state index contributed by atoms with van der Waals surface area (Å²) >= 11 is 0. The predicted octanol–water partition coefficient (Wildman–Crippen LogP) is 8.22. The number of rotatable bonds is 13. The number of amides is 1. The second-order valence-electron chi connectivity index (χ2n) is 12.5. The minimum absolute atomic E-state index is 0.00216. The van der Waals surface area contributed by atoms with Gasteiger partial charge in [0.2, 0.25) is 0 Å². The van der Waals surface area contributed by atoms with Gasteiger partial charge in [0.05, 0.1) is 17.7 Å². The molecule has 0 aliphatic carbocycles. The van der Waals surface area contributed by atoms with Crippen molar-refractivity contribution in [1.29, 1.82) is 0 Å². The van der Waals surface area contributed by atoms with Gasteiger partial charge in [-0.2, -0.15) is 13.2 Å². The highest BCUT2D eigenvalue weighted by Crippen LogP contribution is 2.37. The van der Waals surface area contributed by atoms with Crippen LogP contribution in [0.2, 0.25) is 0 Å². The number of nitrogens with zero attached hydrogens (tertiary/aromatic N) is 2. The number of alkyl halides is 3. The highest BCUT2D eigenvalue weighted by atomic mass is 19.4. The van der Waals surface area contributed by atoms with Gasteiger partial charge in [0.15, 0.2) is 0 Å². The molecular weight excluding hydrogens is 615 g/mol. The van der Waals surface area contributed by atoms with Crippen molar-refractivity contribution in [2.45, 2.75) is 69.7 Å². The van der Waals surface area contributed by atoms with Crippen LogP contribution in [-0.2, 0) is 27.7 Å². The first-order valence-corrected chi connectivity index (χ1v) is 16.6. The maximum atomic E-state index is 13.3. The van der Waals surface area contributed by atoms with Crippen LogP contribution in [0.1, 0.15) is 72.6 Å². The summed E-state index contributed by atoms with van der Waals surface area (Å²) in [6, 6.07) is 27.6. The lowest BCUT2D eigenvalue weighted by molar-refractivity contribution is -0.147. The third-order valence-electron chi connectivity index (χ3n) is 9.40. The predicted molar refractivity (Wildman–Crippen MR) is 180 cm³/mol. The highest BCUT2D eigenvalue weighted by molar-refractivity contribution is 6.01. The molecule has 9 heteroatoms. The Hall–Kier alpha value is -4.50. The van der Waals surface area contributed by atoms with E-state index in [0.29, 0.717) is 23.1 Å². The van der Waals surface area contributed by atoms with E-state index in [4.69, 9.17) is 4.74 Å². The number of piperidine rings is 1. The van der Waals surface area contributed by atoms with Crippen LogP contribution in [-0.4, -0.2) is 47.4 Å². The maximum absolute atomic E-state index is 13.3. The molecule has 1 N–H and O–H groups in total. The molecule has 0 saturated carbocycles. The van der Waals surface area contributed by atoms with Crippen molar-refractivity contribution in [2.24, 2.45) is 0 Å². The van der Waals surface area contributed by atoms with Crippen molar-refractivity contribution in [1.82, 2.24) is 15.2 Å². The average molecular weight is 658 g/mol. The van der Waals surface area contributed by atoms with E-state index in [2.05, 4.69) is 34.3 Å². The van der Waals surface area contributed by atoms with E-state index < -0.39 is 11.7 Å². The number of likely N-dealkylation sites (tertiary alicyclic amines) is 1. The minimum Gasteiger partial charge on any atom is -0.459 e. The van der Waals surface area contributed by atoms with E-state index in [0.717, 1.165) is 75.1 Å². The number of esters is 1. The topological polar surface area (TPSA) is 71.5 Å². The summed E-state index contributed by atoms with van der Waals surface area (Å²) in [6.07, 6.45) is 1.71. The van der Waals surface area contributed by atoms with Gasteiger partial charge in [-0.05, 0) is 85.7 Å². The van der Waals surface area contributed by atoms with Gasteiger partial charge < -0.3 is 15.0 Å². The molecule has 4 aromatic rings. The quantitative estimate of drug-likeness (QED) is 0.147. The van der Waals surface area contributed by atoms with Gasteiger partial charge in [-0.3, -0.25) is 14.6 Å². The lowest BCUT2D eigenvalue weighted by Gasteiger charge is -2.35. The molecule has 1 amide bonds. The molecule has 5 rings (SSSR count). The Bertz CT molecular complexity index is 1620. The number of nitrogens with one attached hydrogen (secondary N) is 1. The van der Waals surface area contributed by atoms with E-state index >= 15 is 0 Å². The molecule has 0 bridgehead atoms. The molecule has 0 radical (unpaired) electrons. The van der Waals surface area contributed by atoms with Crippen LogP contribution in [0.3, 0.4) is 0 Å². The molecule has 0 spiro atoms. The Morgan fingerprint density at radius 2 is 1.56 bits per heavy atom. The molecule has 1 aromatic heterocycles. The molecule has 1 unspecified atom stereocenters. The van der Waals surface area contributed by atoms with Crippen molar-refractivity contribution in [2.75, 3.05) is 19.6 Å². The Balaban J connectivity index is 1.14. The fraction of sp³-hybridized carbons (Fsp3) is 0.359. The lowest BCUT2D eigenvalue weighted by Crippen LogP contribution is -2.45. The van der Waals surface area contributed by atoms with E-state index in [1.165, 1.54) is 12.1 Å². The summed E-state index contributed by atoms with van der Waals surface area (Å²) in [7, 11) is 0. The zero-order valence-corrected chi connectivity index (χ0v) is 27.2. The molecule has 252 valence electrons. The van der Waals surface area contributed by atoms with E-state index in [9.17, 15) is 22.8 Å². The van der Waals surface area contributed by atoms with Crippen LogP contribution in [0.4, 0.5) is 13.2 Å². The number of aromatic nitrogens is 1. The molecule has 1 saturated heterocycles. The molecular formula is C39H42F3N3O3. The summed E-state index contributed by atoms with van der Waals surface area (Å²) in [5, 5.41) is 3.16. The summed E-state index contributed by atoms with van der Waals surface area (Å²) in [5.41, 5.74) is 2.39. The number of ether oxygens (including phenoxy) is 1. The normalized spacial score (nSPS) is 15.4. The summed E-state index contributed by atoms with van der Waals surface area (Å²) < 4.78 is 44.8. The van der Waals surface area contributed by atoms with Gasteiger partial charge in [0.1, 0.15) is 6.61 Å². The second-order valence-corrected chi connectivity index (χ2v) is 12.5. The first kappa shape index (κ1) is 34.8. The highest BCUT2D eigenvalue weighted by Gasteiger charge is 2.34. The van der Waals surface area contributed by atoms with E-state index in [1.807, 2.05) is 36.4 Å². The smallest absolute Gasteiger partial charge is 0.416 e. The number of hydrogen-bond donors (Lipinski definition) is 1. The number of hydrogen-bond acceptors (Lipinski definition) is 5. The van der Waals surface area contributed by atoms with Crippen molar-refractivity contribution in [3.63, 3.8) is 0 Å². The number of carbonyl (C=O) groups excluding carboxylic acids is 2. The Morgan fingerprint density at radius 1 is 0.875 bits per heavy atom. The summed E-state index contributed by atoms with van der Waals surface area (Å²) in [6.45, 7) is 4.84. The Kier molecular flexibility index (Phi) is 11.7. The largest absolute Gasteiger partial charge is 0.459 e. The zero-order chi connectivity index (χ0) is 34.0.